The third-order valence-electron chi connectivity index (χ3n) is 19.2. The maximum atomic E-state index is 13.0. The second-order valence-electron chi connectivity index (χ2n) is 28.1. The number of methoxy groups -OCH3 is 4. The largest absolute Gasteiger partial charge is 0.481 e. The molecule has 0 unspecified atom stereocenters. The Labute approximate surface area is 688 Å². The van der Waals surface area contributed by atoms with Gasteiger partial charge in [-0.25, -0.2) is 24.7 Å². The van der Waals surface area contributed by atoms with Crippen molar-refractivity contribution in [2.75, 3.05) is 75.9 Å². The van der Waals surface area contributed by atoms with Gasteiger partial charge in [-0.05, 0) is 152 Å². The molecule has 8 atom stereocenters. The predicted octanol–water partition coefficient (Wildman–Crippen LogP) is 7.19. The van der Waals surface area contributed by atoms with Crippen molar-refractivity contribution in [3.8, 4) is 23.5 Å². The summed E-state index contributed by atoms with van der Waals surface area (Å²) in [5.74, 6) is -6.24. The van der Waals surface area contributed by atoms with Crippen LogP contribution in [0.2, 0.25) is 0 Å². The minimum absolute atomic E-state index is 0. The Morgan fingerprint density at radius 2 is 0.630 bits per heavy atom. The number of nitrogens with one attached hydrogen (secondary N) is 5. The summed E-state index contributed by atoms with van der Waals surface area (Å²) in [6.45, 7) is 10.9. The van der Waals surface area contributed by atoms with Crippen LogP contribution in [0.5, 0.6) is 23.5 Å². The van der Waals surface area contributed by atoms with E-state index >= 15 is 0 Å². The second-order valence-corrected chi connectivity index (χ2v) is 28.1. The number of amides is 11. The summed E-state index contributed by atoms with van der Waals surface area (Å²) < 4.78 is 20.7. The average molecular weight is 1640 g/mol. The Kier molecular flexibility index (Phi) is 35.8. The third kappa shape index (κ3) is 27.3. The molecule has 4 fully saturated rings. The fraction of sp³-hybridized carbons (Fsp3) is 0.366. The fourth-order valence-corrected chi connectivity index (χ4v) is 13.1. The summed E-state index contributed by atoms with van der Waals surface area (Å²) in [6.07, 6.45) is 24.5. The highest BCUT2D eigenvalue weighted by molar-refractivity contribution is 6.41. The van der Waals surface area contributed by atoms with Crippen molar-refractivity contribution in [3.63, 3.8) is 0 Å². The van der Waals surface area contributed by atoms with E-state index in [0.29, 0.717) is 49.2 Å². The first-order valence-corrected chi connectivity index (χ1v) is 37.1. The topological polar surface area (TPSA) is 539 Å². The minimum Gasteiger partial charge on any atom is -0.481 e. The quantitative estimate of drug-likeness (QED) is 0.0428. The Hall–Kier alpha value is -14.0. The number of nitrogens with two attached hydrogens (primary N) is 4. The lowest BCUT2D eigenvalue weighted by atomic mass is 9.90. The zero-order valence-electron chi connectivity index (χ0n) is 65.7. The molecular formula is C82H102N20O17. The van der Waals surface area contributed by atoms with Gasteiger partial charge in [0.25, 0.3) is 0 Å². The van der Waals surface area contributed by atoms with E-state index in [1.54, 1.807) is 58.6 Å². The van der Waals surface area contributed by atoms with Crippen LogP contribution >= 0.6 is 0 Å². The maximum absolute atomic E-state index is 13.0. The molecule has 8 aromatic rings. The van der Waals surface area contributed by atoms with Crippen LogP contribution in [0.4, 0.5) is 22.7 Å². The van der Waals surface area contributed by atoms with E-state index in [9.17, 15) is 57.5 Å². The summed E-state index contributed by atoms with van der Waals surface area (Å²) in [7, 11) is 6.24. The normalized spacial score (nSPS) is 18.2. The van der Waals surface area contributed by atoms with E-state index in [1.807, 2.05) is 56.6 Å². The Morgan fingerprint density at radius 3 is 0.882 bits per heavy atom. The van der Waals surface area contributed by atoms with Gasteiger partial charge >= 0.3 is 47.3 Å². The average Bonchev–Trinajstić information content (AvgIpc) is 0.807. The second kappa shape index (κ2) is 45.3. The predicted molar refractivity (Wildman–Crippen MR) is 437 cm³/mol. The number of anilines is 4. The van der Waals surface area contributed by atoms with Crippen LogP contribution in [-0.4, -0.2) is 185 Å². The van der Waals surface area contributed by atoms with Gasteiger partial charge in [0.1, 0.15) is 0 Å². The molecular weight excluding hydrogens is 1540 g/mol. The molecule has 4 saturated heterocycles. The van der Waals surface area contributed by atoms with Crippen LogP contribution in [0.15, 0.2) is 147 Å². The molecule has 119 heavy (non-hydrogen) atoms. The van der Waals surface area contributed by atoms with Crippen LogP contribution in [0.3, 0.4) is 0 Å². The molecule has 0 aromatic carbocycles. The van der Waals surface area contributed by atoms with E-state index in [2.05, 4.69) is 74.1 Å². The SMILES string of the molecule is C.C.COc1cc([C@@H]2CC[C@@H](C)CN2C(=O)C(=O)Nc2cncc(C(N)=O)c2)ccn1.COc1cc([C@H]2CC[C@H](C)CN2)ccn1.COc1cc([C@H]2CC[C@H](C)CN2C(=O)C(=O)Nc2cncc(C(N)=O)c2)ccn1.COc1cc([C@H]2CC[C@H](C)CN2C(=O)C(=O)Nc2cncc(C(N)=O)c2)ccn1.NC(=O)c1cncc(NC(=O)C(=O)O)c1. The van der Waals surface area contributed by atoms with E-state index in [4.69, 9.17) is 47.0 Å². The number of carbonyl (C=O) groups is 12. The van der Waals surface area contributed by atoms with Crippen LogP contribution < -0.4 is 68.5 Å². The number of rotatable bonds is 16. The fourth-order valence-electron chi connectivity index (χ4n) is 13.1. The summed E-state index contributed by atoms with van der Waals surface area (Å²) in [6, 6.07) is 20.0. The standard InChI is InChI=1S/3C20H23N5O4.C12H18N2O.C8H7N3O4.2CH4/c3*1-12-3-4-16(13-5-6-23-17(8-13)29-2)25(11-12)20(28)19(27)24-15-7-14(18(21)26)9-22-10-15;1-9-3-4-11(14-8-9)10-5-6-13-12(7-10)15-2;9-6(12)4-1-5(3-10-2-4)11-7(13)8(14)15;;/h3*5-10,12,16H,3-4,11H2,1-2H3,(H2,21,26)(H,24,27);5-7,9,11,14H,3-4,8H2,1-2H3;1-3H,(H2,9,12)(H,11,13)(H,14,15);2*1H4/t3*12-,16+;9-,11+;;;/m1000.../s1. The highest BCUT2D eigenvalue weighted by atomic mass is 16.5. The van der Waals surface area contributed by atoms with Gasteiger partial charge in [0.15, 0.2) is 0 Å². The Balaban J connectivity index is 0.000000236. The number of nitrogens with zero attached hydrogens (tertiary/aromatic N) is 11. The van der Waals surface area contributed by atoms with Crippen LogP contribution in [0.25, 0.3) is 0 Å². The van der Waals surface area contributed by atoms with Crippen LogP contribution in [0.1, 0.15) is 182 Å². The molecule has 11 amide bonds. The molecule has 0 aliphatic carbocycles. The number of ether oxygens (including phenoxy) is 4. The molecule has 8 aromatic heterocycles. The number of carboxylic acid groups (broad SMARTS) is 1. The maximum Gasteiger partial charge on any atom is 0.394 e. The van der Waals surface area contributed by atoms with E-state index in [0.717, 1.165) is 67.7 Å². The van der Waals surface area contributed by atoms with Crippen molar-refractivity contribution in [1.82, 2.24) is 59.9 Å². The van der Waals surface area contributed by atoms with Gasteiger partial charge < -0.3 is 88.3 Å². The number of pyridine rings is 8. The zero-order chi connectivity index (χ0) is 85.0. The van der Waals surface area contributed by atoms with Crippen molar-refractivity contribution in [3.05, 3.63) is 192 Å². The van der Waals surface area contributed by atoms with Crippen molar-refractivity contribution in [2.45, 2.75) is 118 Å². The van der Waals surface area contributed by atoms with Gasteiger partial charge in [0.05, 0.1) is 116 Å². The smallest absolute Gasteiger partial charge is 0.394 e. The number of carboxylic acids is 1. The molecule has 12 rings (SSSR count). The number of primary amides is 4. The molecule has 4 aliphatic rings. The number of carbonyl (C=O) groups excluding carboxylic acids is 11. The summed E-state index contributed by atoms with van der Waals surface area (Å²) >= 11 is 0. The molecule has 4 aliphatic heterocycles. The first-order valence-electron chi connectivity index (χ1n) is 37.1. The van der Waals surface area contributed by atoms with Gasteiger partial charge in [0.2, 0.25) is 47.1 Å². The lowest BCUT2D eigenvalue weighted by Crippen LogP contribution is -2.46. The first-order chi connectivity index (χ1) is 55.9. The van der Waals surface area contributed by atoms with Crippen molar-refractivity contribution < 1.29 is 81.6 Å². The number of hydrogen-bond acceptors (Lipinski definition) is 25. The first kappa shape index (κ1) is 93.9. The Bertz CT molecular complexity index is 4540. The molecule has 0 bridgehead atoms. The molecule has 0 radical (unpaired) electrons. The minimum atomic E-state index is -1.63. The molecule has 37 heteroatoms. The highest BCUT2D eigenvalue weighted by Crippen LogP contribution is 2.38. The molecule has 632 valence electrons. The van der Waals surface area contributed by atoms with Crippen molar-refractivity contribution >= 4 is 93.7 Å². The zero-order valence-corrected chi connectivity index (χ0v) is 65.7. The third-order valence-corrected chi connectivity index (χ3v) is 19.2. The number of likely N-dealkylation sites (tertiary alicyclic amines) is 3. The highest BCUT2D eigenvalue weighted by Gasteiger charge is 2.38. The monoisotopic (exact) mass is 1640 g/mol. The van der Waals surface area contributed by atoms with Gasteiger partial charge in [-0.15, -0.1) is 0 Å². The number of aromatic nitrogens is 8. The van der Waals surface area contributed by atoms with Gasteiger partial charge in [-0.2, -0.15) is 0 Å². The molecule has 0 saturated carbocycles. The van der Waals surface area contributed by atoms with Crippen molar-refractivity contribution in [1.29, 1.82) is 0 Å². The van der Waals surface area contributed by atoms with Gasteiger partial charge in [0, 0.05) is 99.5 Å². The molecule has 37 nitrogen and oxygen atoms in total. The number of piperidine rings is 4. The van der Waals surface area contributed by atoms with Crippen LogP contribution in [0, 0.1) is 23.7 Å². The lowest BCUT2D eigenvalue weighted by Gasteiger charge is -2.38. The van der Waals surface area contributed by atoms with E-state index in [1.165, 1.54) is 114 Å². The van der Waals surface area contributed by atoms with Crippen LogP contribution in [-0.2, 0) is 38.4 Å². The lowest BCUT2D eigenvalue weighted by molar-refractivity contribution is -0.147. The van der Waals surface area contributed by atoms with E-state index < -0.39 is 70.9 Å². The van der Waals surface area contributed by atoms with Crippen molar-refractivity contribution in [2.24, 2.45) is 46.6 Å². The van der Waals surface area contributed by atoms with Gasteiger partial charge in [-0.3, -0.25) is 72.7 Å². The molecule has 12 heterocycles. The number of hydrogen-bond donors (Lipinski definition) is 10. The summed E-state index contributed by atoms with van der Waals surface area (Å²) in [4.78, 5) is 179. The number of aliphatic carboxylic acids is 1. The Morgan fingerprint density at radius 1 is 0.370 bits per heavy atom. The summed E-state index contributed by atoms with van der Waals surface area (Å²) in [5, 5.41) is 21.4. The van der Waals surface area contributed by atoms with Gasteiger partial charge in [-0.1, -0.05) is 42.5 Å². The molecule has 0 spiro atoms. The van der Waals surface area contributed by atoms with E-state index in [-0.39, 0.29) is 95.7 Å². The summed E-state index contributed by atoms with van der Waals surface area (Å²) in [5.41, 5.74) is 25.8. The molecule has 14 N–H and O–H groups in total.